The molecule has 5 unspecified atom stereocenters. The lowest BCUT2D eigenvalue weighted by atomic mass is 9.89. The van der Waals surface area contributed by atoms with E-state index in [2.05, 4.69) is 26.4 Å². The number of nitrogens with one attached hydrogen (secondary N) is 4. The van der Waals surface area contributed by atoms with E-state index in [-0.39, 0.29) is 30.3 Å². The molecule has 4 fully saturated rings. The molecule has 3 aliphatic heterocycles. The van der Waals surface area contributed by atoms with Crippen LogP contribution in [0, 0.1) is 11.8 Å². The van der Waals surface area contributed by atoms with Crippen molar-refractivity contribution in [3.8, 4) is 0 Å². The maximum absolute atomic E-state index is 12.6. The average molecular weight is 366 g/mol. The predicted octanol–water partition coefficient (Wildman–Crippen LogP) is 0.184. The van der Waals surface area contributed by atoms with E-state index in [4.69, 9.17) is 4.74 Å². The summed E-state index contributed by atoms with van der Waals surface area (Å²) in [7, 11) is 0. The summed E-state index contributed by atoms with van der Waals surface area (Å²) in [5.41, 5.74) is 3.48. The van der Waals surface area contributed by atoms with Crippen LogP contribution in [0.1, 0.15) is 45.4 Å². The van der Waals surface area contributed by atoms with Gasteiger partial charge in [-0.2, -0.15) is 0 Å². The highest BCUT2D eigenvalue weighted by atomic mass is 16.5. The molecule has 0 radical (unpaired) electrons. The van der Waals surface area contributed by atoms with Crippen LogP contribution in [0.5, 0.6) is 0 Å². The molecule has 3 saturated heterocycles. The van der Waals surface area contributed by atoms with Crippen molar-refractivity contribution in [2.24, 2.45) is 11.8 Å². The van der Waals surface area contributed by atoms with Gasteiger partial charge in [-0.1, -0.05) is 19.3 Å². The maximum Gasteiger partial charge on any atom is 0.237 e. The lowest BCUT2D eigenvalue weighted by Crippen LogP contribution is -2.47. The van der Waals surface area contributed by atoms with Crippen molar-refractivity contribution in [2.45, 2.75) is 69.9 Å². The molecule has 0 aromatic rings. The Hall–Kier alpha value is -0.730. The van der Waals surface area contributed by atoms with Gasteiger partial charge in [-0.3, -0.25) is 15.5 Å². The van der Waals surface area contributed by atoms with E-state index in [0.717, 1.165) is 45.1 Å². The molecule has 1 saturated carbocycles. The van der Waals surface area contributed by atoms with Crippen LogP contribution in [0.2, 0.25) is 0 Å². The summed E-state index contributed by atoms with van der Waals surface area (Å²) in [6.45, 7) is 6.70. The van der Waals surface area contributed by atoms with Gasteiger partial charge in [-0.05, 0) is 32.1 Å². The zero-order valence-corrected chi connectivity index (χ0v) is 16.0. The van der Waals surface area contributed by atoms with Crippen molar-refractivity contribution in [2.75, 3.05) is 32.7 Å². The molecule has 0 spiro atoms. The average Bonchev–Trinajstić information content (AvgIpc) is 3.37. The maximum atomic E-state index is 12.6. The van der Waals surface area contributed by atoms with E-state index in [1.807, 2.05) is 6.92 Å². The summed E-state index contributed by atoms with van der Waals surface area (Å²) in [6.07, 6.45) is 8.12. The van der Waals surface area contributed by atoms with Gasteiger partial charge in [0.15, 0.2) is 0 Å². The third-order valence-corrected chi connectivity index (χ3v) is 6.54. The van der Waals surface area contributed by atoms with Crippen LogP contribution in [-0.4, -0.2) is 68.1 Å². The number of nitrogens with zero attached hydrogens (tertiary/aromatic N) is 1. The van der Waals surface area contributed by atoms with Gasteiger partial charge in [0.05, 0.1) is 18.2 Å². The Morgan fingerprint density at radius 1 is 1.15 bits per heavy atom. The Labute approximate surface area is 156 Å². The first-order valence-corrected chi connectivity index (χ1v) is 10.6. The summed E-state index contributed by atoms with van der Waals surface area (Å²) in [6, 6.07) is 0.142. The molecular weight excluding hydrogens is 330 g/mol. The summed E-state index contributed by atoms with van der Waals surface area (Å²) in [5.74, 6) is 1.40. The topological polar surface area (TPSA) is 77.7 Å². The van der Waals surface area contributed by atoms with Crippen molar-refractivity contribution < 1.29 is 9.53 Å². The second kappa shape index (κ2) is 8.52. The molecule has 4 N–H and O–H groups in total. The van der Waals surface area contributed by atoms with Crippen molar-refractivity contribution in [3.63, 3.8) is 0 Å². The third-order valence-electron chi connectivity index (χ3n) is 6.54. The van der Waals surface area contributed by atoms with Crippen LogP contribution >= 0.6 is 0 Å². The van der Waals surface area contributed by atoms with E-state index in [9.17, 15) is 4.79 Å². The molecule has 7 heteroatoms. The Kier molecular flexibility index (Phi) is 6.10. The molecule has 0 aromatic carbocycles. The molecular formula is C19H35N5O2. The molecule has 1 aliphatic carbocycles. The van der Waals surface area contributed by atoms with Gasteiger partial charge in [0.2, 0.25) is 5.91 Å². The summed E-state index contributed by atoms with van der Waals surface area (Å²) >= 11 is 0. The molecule has 5 atom stereocenters. The van der Waals surface area contributed by atoms with Gasteiger partial charge in [0.25, 0.3) is 0 Å². The van der Waals surface area contributed by atoms with E-state index in [1.54, 1.807) is 0 Å². The molecule has 7 nitrogen and oxygen atoms in total. The standard InChI is InChI=1S/C19H35N5O2/c1-13-20-10-18(26-13)15-7-17(21-8-15)19(25)23-16-9-22-24(12-16)11-14-5-3-2-4-6-14/h13-18,20-22H,2-12H2,1H3,(H,23,25). The zero-order chi connectivity index (χ0) is 17.9. The molecule has 0 aromatic heterocycles. The van der Waals surface area contributed by atoms with Gasteiger partial charge >= 0.3 is 0 Å². The summed E-state index contributed by atoms with van der Waals surface area (Å²) in [4.78, 5) is 12.6. The van der Waals surface area contributed by atoms with E-state index in [1.165, 1.54) is 32.1 Å². The lowest BCUT2D eigenvalue weighted by molar-refractivity contribution is -0.123. The fourth-order valence-corrected chi connectivity index (χ4v) is 5.02. The van der Waals surface area contributed by atoms with Crippen molar-refractivity contribution in [1.82, 2.24) is 26.4 Å². The lowest BCUT2D eigenvalue weighted by Gasteiger charge is -2.26. The van der Waals surface area contributed by atoms with Crippen molar-refractivity contribution >= 4 is 5.91 Å². The van der Waals surface area contributed by atoms with Crippen LogP contribution in [0.4, 0.5) is 0 Å². The van der Waals surface area contributed by atoms with Gasteiger partial charge in [-0.15, -0.1) is 0 Å². The van der Waals surface area contributed by atoms with Gasteiger partial charge < -0.3 is 15.4 Å². The highest BCUT2D eigenvalue weighted by molar-refractivity contribution is 5.82. The van der Waals surface area contributed by atoms with Gasteiger partial charge in [0, 0.05) is 38.6 Å². The summed E-state index contributed by atoms with van der Waals surface area (Å²) in [5, 5.41) is 12.3. The first-order chi connectivity index (χ1) is 12.7. The Bertz CT molecular complexity index is 485. The second-order valence-electron chi connectivity index (χ2n) is 8.66. The molecule has 0 bridgehead atoms. The van der Waals surface area contributed by atoms with E-state index < -0.39 is 0 Å². The number of rotatable bonds is 5. The first kappa shape index (κ1) is 18.6. The molecule has 26 heavy (non-hydrogen) atoms. The number of carbonyl (C=O) groups is 1. The normalized spacial score (nSPS) is 39.5. The number of ether oxygens (including phenoxy) is 1. The van der Waals surface area contributed by atoms with Crippen LogP contribution in [0.3, 0.4) is 0 Å². The van der Waals surface area contributed by atoms with Crippen LogP contribution in [0.25, 0.3) is 0 Å². The summed E-state index contributed by atoms with van der Waals surface area (Å²) < 4.78 is 5.89. The Morgan fingerprint density at radius 2 is 2.00 bits per heavy atom. The fourth-order valence-electron chi connectivity index (χ4n) is 5.02. The quantitative estimate of drug-likeness (QED) is 0.557. The number of hydrogen-bond acceptors (Lipinski definition) is 6. The number of hydrogen-bond donors (Lipinski definition) is 4. The second-order valence-corrected chi connectivity index (χ2v) is 8.66. The number of hydrazine groups is 1. The van der Waals surface area contributed by atoms with E-state index >= 15 is 0 Å². The van der Waals surface area contributed by atoms with Gasteiger partial charge in [0.1, 0.15) is 6.23 Å². The zero-order valence-electron chi connectivity index (χ0n) is 16.0. The smallest absolute Gasteiger partial charge is 0.237 e. The van der Waals surface area contributed by atoms with Crippen LogP contribution in [-0.2, 0) is 9.53 Å². The molecule has 3 heterocycles. The predicted molar refractivity (Wildman–Crippen MR) is 100 cm³/mol. The van der Waals surface area contributed by atoms with Crippen molar-refractivity contribution in [1.29, 1.82) is 0 Å². The van der Waals surface area contributed by atoms with Gasteiger partial charge in [-0.25, -0.2) is 5.01 Å². The Balaban J connectivity index is 1.18. The fraction of sp³-hybridized carbons (Fsp3) is 0.947. The highest BCUT2D eigenvalue weighted by Gasteiger charge is 2.38. The minimum atomic E-state index is -0.0769. The SMILES string of the molecule is CC1NCC(C2CNC(C(=O)NC3CNN(CC4CCCCC4)C3)C2)O1. The first-order valence-electron chi connectivity index (χ1n) is 10.6. The molecule has 148 valence electrons. The van der Waals surface area contributed by atoms with Crippen molar-refractivity contribution in [3.05, 3.63) is 0 Å². The Morgan fingerprint density at radius 3 is 2.77 bits per heavy atom. The monoisotopic (exact) mass is 365 g/mol. The van der Waals surface area contributed by atoms with Crippen LogP contribution < -0.4 is 21.4 Å². The molecule has 1 amide bonds. The minimum absolute atomic E-state index is 0.0769. The highest BCUT2D eigenvalue weighted by Crippen LogP contribution is 2.25. The minimum Gasteiger partial charge on any atom is -0.359 e. The largest absolute Gasteiger partial charge is 0.359 e. The van der Waals surface area contributed by atoms with E-state index in [0.29, 0.717) is 5.92 Å². The van der Waals surface area contributed by atoms with Crippen LogP contribution in [0.15, 0.2) is 0 Å². The number of amides is 1. The third kappa shape index (κ3) is 4.57. The molecule has 4 aliphatic rings. The number of carbonyl (C=O) groups excluding carboxylic acids is 1. The molecule has 4 rings (SSSR count).